The van der Waals surface area contributed by atoms with E-state index in [-0.39, 0.29) is 29.5 Å². The molecule has 12 nitrogen and oxygen atoms in total. The van der Waals surface area contributed by atoms with E-state index < -0.39 is 67.3 Å². The van der Waals surface area contributed by atoms with Crippen LogP contribution in [0.2, 0.25) is 0 Å². The number of sulfone groups is 1. The van der Waals surface area contributed by atoms with Gasteiger partial charge in [-0.15, -0.1) is 0 Å². The van der Waals surface area contributed by atoms with Crippen molar-refractivity contribution in [3.63, 3.8) is 0 Å². The van der Waals surface area contributed by atoms with Crippen molar-refractivity contribution in [3.05, 3.63) is 0 Å². The van der Waals surface area contributed by atoms with E-state index in [9.17, 15) is 32.4 Å². The third-order valence-electron chi connectivity index (χ3n) is 12.3. The number of nitrogens with one attached hydrogen (secondary N) is 4. The first-order valence-corrected chi connectivity index (χ1v) is 22.2. The van der Waals surface area contributed by atoms with Crippen LogP contribution in [0.25, 0.3) is 0 Å². The van der Waals surface area contributed by atoms with Crippen LogP contribution in [0, 0.1) is 17.3 Å². The first kappa shape index (κ1) is 43.0. The molecular formula is C40H69N5O7S. The number of ketones is 1. The molecule has 4 N–H and O–H groups in total. The first-order chi connectivity index (χ1) is 24.8. The summed E-state index contributed by atoms with van der Waals surface area (Å²) >= 11 is 0. The predicted octanol–water partition coefficient (Wildman–Crippen LogP) is 5.33. The molecule has 53 heavy (non-hydrogen) atoms. The van der Waals surface area contributed by atoms with Crippen LogP contribution in [0.3, 0.4) is 0 Å². The second kappa shape index (κ2) is 17.8. The third kappa shape index (κ3) is 11.2. The van der Waals surface area contributed by atoms with Crippen LogP contribution in [0.5, 0.6) is 0 Å². The van der Waals surface area contributed by atoms with Crippen LogP contribution < -0.4 is 21.3 Å². The summed E-state index contributed by atoms with van der Waals surface area (Å²) in [6, 6.07) is -3.37. The Morgan fingerprint density at radius 2 is 1.47 bits per heavy atom. The van der Waals surface area contributed by atoms with Gasteiger partial charge in [0.15, 0.2) is 9.84 Å². The van der Waals surface area contributed by atoms with Gasteiger partial charge in [-0.25, -0.2) is 13.2 Å². The van der Waals surface area contributed by atoms with Crippen LogP contribution >= 0.6 is 0 Å². The normalized spacial score (nSPS) is 24.2. The number of rotatable bonds is 16. The summed E-state index contributed by atoms with van der Waals surface area (Å²) in [7, 11) is -3.57. The topological polar surface area (TPSA) is 171 Å². The zero-order valence-electron chi connectivity index (χ0n) is 33.6. The van der Waals surface area contributed by atoms with Crippen molar-refractivity contribution in [2.45, 2.75) is 192 Å². The summed E-state index contributed by atoms with van der Waals surface area (Å²) in [6.07, 6.45) is 12.6. The van der Waals surface area contributed by atoms with Gasteiger partial charge in [0.1, 0.15) is 12.1 Å². The molecule has 0 bridgehead atoms. The highest BCUT2D eigenvalue weighted by molar-refractivity contribution is 7.92. The van der Waals surface area contributed by atoms with Crippen molar-refractivity contribution >= 4 is 39.4 Å². The van der Waals surface area contributed by atoms with Gasteiger partial charge in [-0.2, -0.15) is 0 Å². The molecule has 3 aliphatic carbocycles. The molecule has 3 saturated carbocycles. The molecule has 0 unspecified atom stereocenters. The standard InChI is InChI=1S/C40H69N5O7S/c1-8-9-16-30(32(46)35(48)41-29-17-18-29)42-34(47)31-28(25-27(2)3)19-24-45(31)36(49)33(39(7)20-12-10-13-21-39)43-37(50)44-40(22-14-11-15-23-40)26-53(51,52)38(4,5)6/h27-31,33H,8-26H2,1-7H3,(H,41,48)(H,42,47)(H2,43,44,50)/t28-,30+,31+,33-/m1/s1. The number of Topliss-reactive ketones (excluding diaryl/α,β-unsaturated/α-hetero) is 1. The van der Waals surface area contributed by atoms with Crippen molar-refractivity contribution in [1.82, 2.24) is 26.2 Å². The Morgan fingerprint density at radius 1 is 0.868 bits per heavy atom. The van der Waals surface area contributed by atoms with Crippen molar-refractivity contribution in [3.8, 4) is 0 Å². The number of urea groups is 1. The maximum Gasteiger partial charge on any atom is 0.315 e. The molecule has 0 aromatic rings. The Labute approximate surface area is 318 Å². The van der Waals surface area contributed by atoms with Gasteiger partial charge < -0.3 is 26.2 Å². The molecule has 0 radical (unpaired) electrons. The fraction of sp³-hybridized carbons (Fsp3) is 0.875. The molecule has 4 atom stereocenters. The molecule has 13 heteroatoms. The zero-order valence-corrected chi connectivity index (χ0v) is 34.4. The molecular weight excluding hydrogens is 695 g/mol. The van der Waals surface area contributed by atoms with E-state index in [0.29, 0.717) is 45.1 Å². The van der Waals surface area contributed by atoms with E-state index in [1.165, 1.54) is 0 Å². The summed E-state index contributed by atoms with van der Waals surface area (Å²) < 4.78 is 26.0. The van der Waals surface area contributed by atoms with Crippen molar-refractivity contribution in [2.75, 3.05) is 12.3 Å². The summed E-state index contributed by atoms with van der Waals surface area (Å²) in [5.41, 5.74) is -1.53. The van der Waals surface area contributed by atoms with Crippen molar-refractivity contribution in [1.29, 1.82) is 0 Å². The summed E-state index contributed by atoms with van der Waals surface area (Å²) in [5, 5.41) is 11.8. The Balaban J connectivity index is 1.62. The number of unbranched alkanes of at least 4 members (excludes halogenated alkanes) is 1. The molecule has 5 amide bonds. The van der Waals surface area contributed by atoms with Crippen molar-refractivity contribution in [2.24, 2.45) is 17.3 Å². The molecule has 0 aromatic heterocycles. The minimum absolute atomic E-state index is 0.00557. The Morgan fingerprint density at radius 3 is 2.02 bits per heavy atom. The number of likely N-dealkylation sites (tertiary alicyclic amines) is 1. The molecule has 0 spiro atoms. The monoisotopic (exact) mass is 763 g/mol. The van der Waals surface area contributed by atoms with Gasteiger partial charge >= 0.3 is 6.03 Å². The second-order valence-electron chi connectivity index (χ2n) is 18.4. The number of carbonyl (C=O) groups is 5. The van der Waals surface area contributed by atoms with Gasteiger partial charge in [0.25, 0.3) is 5.91 Å². The molecule has 1 saturated heterocycles. The van der Waals surface area contributed by atoms with Gasteiger partial charge in [-0.1, -0.05) is 79.1 Å². The second-order valence-corrected chi connectivity index (χ2v) is 21.2. The van der Waals surface area contributed by atoms with Gasteiger partial charge in [-0.3, -0.25) is 19.2 Å². The molecule has 4 aliphatic rings. The Bertz CT molecular complexity index is 1420. The quantitative estimate of drug-likeness (QED) is 0.154. The fourth-order valence-electron chi connectivity index (χ4n) is 8.76. The van der Waals surface area contributed by atoms with Crippen LogP contribution in [-0.2, 0) is 29.0 Å². The lowest BCUT2D eigenvalue weighted by atomic mass is 9.70. The summed E-state index contributed by atoms with van der Waals surface area (Å²) in [4.78, 5) is 71.2. The van der Waals surface area contributed by atoms with E-state index in [1.54, 1.807) is 25.7 Å². The predicted molar refractivity (Wildman–Crippen MR) is 207 cm³/mol. The highest BCUT2D eigenvalue weighted by Crippen LogP contribution is 2.41. The lowest BCUT2D eigenvalue weighted by Crippen LogP contribution is -2.64. The molecule has 0 aromatic carbocycles. The number of amides is 5. The van der Waals surface area contributed by atoms with Crippen LogP contribution in [0.1, 0.15) is 158 Å². The SMILES string of the molecule is CCCC[C@H](NC(=O)[C@@H]1[C@@H](CC(C)C)CCN1C(=O)[C@@H](NC(=O)NC1(CS(=O)(=O)C(C)(C)C)CCCCC1)C1(C)CCCCC1)C(=O)C(=O)NC1CC1. The third-order valence-corrected chi connectivity index (χ3v) is 15.1. The molecule has 4 rings (SSSR count). The number of carbonyl (C=O) groups excluding carboxylic acids is 5. The van der Waals surface area contributed by atoms with E-state index in [0.717, 1.165) is 70.6 Å². The van der Waals surface area contributed by atoms with Crippen LogP contribution in [0.15, 0.2) is 0 Å². The summed E-state index contributed by atoms with van der Waals surface area (Å²) in [5.74, 6) is -2.21. The molecule has 1 heterocycles. The molecule has 1 aliphatic heterocycles. The maximum absolute atomic E-state index is 15.0. The first-order valence-electron chi connectivity index (χ1n) is 20.6. The Hall–Kier alpha value is -2.70. The zero-order chi connectivity index (χ0) is 39.2. The lowest BCUT2D eigenvalue weighted by Gasteiger charge is -2.44. The highest BCUT2D eigenvalue weighted by atomic mass is 32.2. The highest BCUT2D eigenvalue weighted by Gasteiger charge is 2.50. The van der Waals surface area contributed by atoms with E-state index >= 15 is 0 Å². The smallest absolute Gasteiger partial charge is 0.315 e. The Kier molecular flexibility index (Phi) is 14.5. The van der Waals surface area contributed by atoms with Gasteiger partial charge in [-0.05, 0) is 95.8 Å². The van der Waals surface area contributed by atoms with Crippen LogP contribution in [-0.4, -0.2) is 89.6 Å². The fourth-order valence-corrected chi connectivity index (χ4v) is 10.3. The molecule has 4 fully saturated rings. The minimum Gasteiger partial charge on any atom is -0.347 e. The van der Waals surface area contributed by atoms with E-state index in [4.69, 9.17) is 0 Å². The van der Waals surface area contributed by atoms with Gasteiger partial charge in [0.2, 0.25) is 17.6 Å². The lowest BCUT2D eigenvalue weighted by molar-refractivity contribution is -0.145. The number of hydrogen-bond acceptors (Lipinski definition) is 7. The largest absolute Gasteiger partial charge is 0.347 e. The average Bonchev–Trinajstić information content (AvgIpc) is 3.80. The van der Waals surface area contributed by atoms with E-state index in [2.05, 4.69) is 35.1 Å². The van der Waals surface area contributed by atoms with Crippen LogP contribution in [0.4, 0.5) is 4.79 Å². The minimum atomic E-state index is -3.57. The number of nitrogens with zero attached hydrogens (tertiary/aromatic N) is 1. The van der Waals surface area contributed by atoms with Gasteiger partial charge in [0.05, 0.1) is 22.1 Å². The van der Waals surface area contributed by atoms with Gasteiger partial charge in [0, 0.05) is 12.6 Å². The molecule has 302 valence electrons. The number of hydrogen-bond donors (Lipinski definition) is 4. The van der Waals surface area contributed by atoms with E-state index in [1.807, 2.05) is 13.8 Å². The average molecular weight is 764 g/mol. The summed E-state index contributed by atoms with van der Waals surface area (Å²) in [6.45, 7) is 13.5. The maximum atomic E-state index is 15.0. The van der Waals surface area contributed by atoms with Crippen molar-refractivity contribution < 1.29 is 32.4 Å².